The van der Waals surface area contributed by atoms with Gasteiger partial charge in [0.25, 0.3) is 0 Å². The highest BCUT2D eigenvalue weighted by Gasteiger charge is 2.08. The normalized spacial score (nSPS) is 10.5. The monoisotopic (exact) mass is 307 g/mol. The second-order valence-electron chi connectivity index (χ2n) is 5.20. The molecule has 0 saturated carbocycles. The van der Waals surface area contributed by atoms with Gasteiger partial charge < -0.3 is 13.9 Å². The lowest BCUT2D eigenvalue weighted by atomic mass is 10.2. The van der Waals surface area contributed by atoms with E-state index in [9.17, 15) is 0 Å². The lowest BCUT2D eigenvalue weighted by Crippen LogP contribution is -2.00. The first-order chi connectivity index (χ1) is 11.2. The van der Waals surface area contributed by atoms with E-state index in [0.717, 1.165) is 11.3 Å². The van der Waals surface area contributed by atoms with Gasteiger partial charge in [0, 0.05) is 18.5 Å². The summed E-state index contributed by atoms with van der Waals surface area (Å²) in [5.74, 6) is 1.19. The zero-order chi connectivity index (χ0) is 16.2. The van der Waals surface area contributed by atoms with E-state index in [4.69, 9.17) is 14.7 Å². The summed E-state index contributed by atoms with van der Waals surface area (Å²) in [6.07, 6.45) is 3.98. The zero-order valence-corrected chi connectivity index (χ0v) is 13.1. The highest BCUT2D eigenvalue weighted by molar-refractivity contribution is 5.47. The molecule has 2 heterocycles. The first-order valence-electron chi connectivity index (χ1n) is 7.43. The molecule has 116 valence electrons. The quantitative estimate of drug-likeness (QED) is 0.724. The van der Waals surface area contributed by atoms with Gasteiger partial charge in [0.1, 0.15) is 12.3 Å². The molecule has 0 aliphatic carbocycles. The number of pyridine rings is 1. The van der Waals surface area contributed by atoms with E-state index in [1.807, 2.05) is 42.8 Å². The number of imidazole rings is 1. The average molecular weight is 307 g/mol. The van der Waals surface area contributed by atoms with Crippen molar-refractivity contribution in [2.75, 3.05) is 6.61 Å². The molecule has 0 aliphatic rings. The summed E-state index contributed by atoms with van der Waals surface area (Å²) in [6.45, 7) is 4.79. The van der Waals surface area contributed by atoms with Crippen LogP contribution < -0.4 is 9.47 Å². The highest BCUT2D eigenvalue weighted by Crippen LogP contribution is 2.29. The van der Waals surface area contributed by atoms with Crippen LogP contribution in [0.1, 0.15) is 23.7 Å². The van der Waals surface area contributed by atoms with Gasteiger partial charge in [-0.1, -0.05) is 6.07 Å². The van der Waals surface area contributed by atoms with E-state index in [-0.39, 0.29) is 0 Å². The van der Waals surface area contributed by atoms with E-state index in [2.05, 4.69) is 11.1 Å². The molecule has 0 amide bonds. The van der Waals surface area contributed by atoms with Crippen molar-refractivity contribution in [1.82, 2.24) is 9.38 Å². The van der Waals surface area contributed by atoms with Gasteiger partial charge in [-0.3, -0.25) is 0 Å². The van der Waals surface area contributed by atoms with Gasteiger partial charge in [-0.05, 0) is 37.6 Å². The number of aryl methyl sites for hydroxylation is 1. The fourth-order valence-electron chi connectivity index (χ4n) is 2.34. The highest BCUT2D eigenvalue weighted by atomic mass is 16.5. The molecule has 3 aromatic rings. The van der Waals surface area contributed by atoms with Gasteiger partial charge in [0.05, 0.1) is 23.9 Å². The van der Waals surface area contributed by atoms with Crippen molar-refractivity contribution in [1.29, 1.82) is 5.26 Å². The number of hydrogen-bond donors (Lipinski definition) is 0. The predicted molar refractivity (Wildman–Crippen MR) is 86.6 cm³/mol. The molecule has 0 aliphatic heterocycles. The molecule has 2 aromatic heterocycles. The van der Waals surface area contributed by atoms with Crippen molar-refractivity contribution in [3.8, 4) is 17.6 Å². The Morgan fingerprint density at radius 3 is 2.78 bits per heavy atom. The maximum Gasteiger partial charge on any atom is 0.162 e. The summed E-state index contributed by atoms with van der Waals surface area (Å²) in [5, 5.41) is 8.97. The van der Waals surface area contributed by atoms with Crippen LogP contribution in [0.25, 0.3) is 5.65 Å². The van der Waals surface area contributed by atoms with E-state index in [1.165, 1.54) is 5.56 Å². The molecule has 0 N–H and O–H groups in total. The number of rotatable bonds is 5. The van der Waals surface area contributed by atoms with Crippen LogP contribution in [0.3, 0.4) is 0 Å². The Bertz CT molecular complexity index is 878. The number of benzene rings is 1. The molecule has 0 saturated heterocycles. The number of hydrogen-bond acceptors (Lipinski definition) is 4. The van der Waals surface area contributed by atoms with Crippen LogP contribution in [-0.2, 0) is 6.61 Å². The number of aromatic nitrogens is 2. The smallest absolute Gasteiger partial charge is 0.162 e. The predicted octanol–water partition coefficient (Wildman–Crippen LogP) is 3.49. The molecule has 0 radical (unpaired) electrons. The van der Waals surface area contributed by atoms with Gasteiger partial charge in [-0.15, -0.1) is 0 Å². The third-order valence-electron chi connectivity index (χ3n) is 3.40. The second kappa shape index (κ2) is 6.41. The standard InChI is InChI=1S/C18H17N3O2/c1-3-22-17-8-14(9-19)5-6-16(17)23-12-15-11-21-10-13(2)4-7-18(21)20-15/h4-8,10-11H,3,12H2,1-2H3. The van der Waals surface area contributed by atoms with Crippen molar-refractivity contribution in [2.45, 2.75) is 20.5 Å². The molecular weight excluding hydrogens is 290 g/mol. The molecular formula is C18H17N3O2. The van der Waals surface area contributed by atoms with E-state index in [0.29, 0.717) is 30.3 Å². The van der Waals surface area contributed by atoms with Crippen LogP contribution in [0.5, 0.6) is 11.5 Å². The van der Waals surface area contributed by atoms with E-state index in [1.54, 1.807) is 18.2 Å². The van der Waals surface area contributed by atoms with E-state index >= 15 is 0 Å². The number of nitriles is 1. The van der Waals surface area contributed by atoms with Crippen LogP contribution in [0.4, 0.5) is 0 Å². The fraction of sp³-hybridized carbons (Fsp3) is 0.222. The molecule has 0 unspecified atom stereocenters. The molecule has 1 aromatic carbocycles. The summed E-state index contributed by atoms with van der Waals surface area (Å²) in [7, 11) is 0. The minimum Gasteiger partial charge on any atom is -0.490 e. The topological polar surface area (TPSA) is 59.5 Å². The summed E-state index contributed by atoms with van der Waals surface area (Å²) >= 11 is 0. The molecule has 0 bridgehead atoms. The molecule has 5 nitrogen and oxygen atoms in total. The van der Waals surface area contributed by atoms with Crippen LogP contribution in [0, 0.1) is 18.3 Å². The number of nitrogens with zero attached hydrogens (tertiary/aromatic N) is 3. The average Bonchev–Trinajstić information content (AvgIpc) is 2.95. The summed E-state index contributed by atoms with van der Waals surface area (Å²) in [4.78, 5) is 4.52. The third kappa shape index (κ3) is 3.27. The first-order valence-corrected chi connectivity index (χ1v) is 7.43. The van der Waals surface area contributed by atoms with Gasteiger partial charge in [-0.25, -0.2) is 4.98 Å². The van der Waals surface area contributed by atoms with Crippen molar-refractivity contribution in [2.24, 2.45) is 0 Å². The van der Waals surface area contributed by atoms with Gasteiger partial charge in [-0.2, -0.15) is 5.26 Å². The Morgan fingerprint density at radius 1 is 1.13 bits per heavy atom. The Labute approximate surface area is 134 Å². The molecule has 0 fully saturated rings. The Kier molecular flexibility index (Phi) is 4.15. The third-order valence-corrected chi connectivity index (χ3v) is 3.40. The molecule has 5 heteroatoms. The first kappa shape index (κ1) is 14.9. The Hall–Kier alpha value is -3.00. The Morgan fingerprint density at radius 2 is 2.00 bits per heavy atom. The largest absolute Gasteiger partial charge is 0.490 e. The minimum atomic E-state index is 0.340. The van der Waals surface area contributed by atoms with Crippen LogP contribution in [-0.4, -0.2) is 16.0 Å². The summed E-state index contributed by atoms with van der Waals surface area (Å²) in [6, 6.07) is 11.3. The van der Waals surface area contributed by atoms with Crippen molar-refractivity contribution in [3.05, 3.63) is 59.5 Å². The lowest BCUT2D eigenvalue weighted by Gasteiger charge is -2.11. The summed E-state index contributed by atoms with van der Waals surface area (Å²) in [5.41, 5.74) is 3.44. The Balaban J connectivity index is 1.80. The van der Waals surface area contributed by atoms with Crippen molar-refractivity contribution in [3.63, 3.8) is 0 Å². The van der Waals surface area contributed by atoms with Crippen LogP contribution in [0.2, 0.25) is 0 Å². The zero-order valence-electron chi connectivity index (χ0n) is 13.1. The maximum atomic E-state index is 8.97. The molecule has 0 atom stereocenters. The number of fused-ring (bicyclic) bond motifs is 1. The molecule has 3 rings (SSSR count). The van der Waals surface area contributed by atoms with Crippen LogP contribution in [0.15, 0.2) is 42.7 Å². The molecule has 0 spiro atoms. The van der Waals surface area contributed by atoms with Gasteiger partial charge in [0.15, 0.2) is 11.5 Å². The SMILES string of the molecule is CCOc1cc(C#N)ccc1OCc1cn2cc(C)ccc2n1. The second-order valence-corrected chi connectivity index (χ2v) is 5.20. The van der Waals surface area contributed by atoms with Crippen molar-refractivity contribution < 1.29 is 9.47 Å². The minimum absolute atomic E-state index is 0.340. The fourth-order valence-corrected chi connectivity index (χ4v) is 2.34. The maximum absolute atomic E-state index is 8.97. The number of ether oxygens (including phenoxy) is 2. The molecule has 23 heavy (non-hydrogen) atoms. The van der Waals surface area contributed by atoms with Crippen LogP contribution >= 0.6 is 0 Å². The van der Waals surface area contributed by atoms with E-state index < -0.39 is 0 Å². The van der Waals surface area contributed by atoms with Gasteiger partial charge >= 0.3 is 0 Å². The van der Waals surface area contributed by atoms with Crippen molar-refractivity contribution >= 4 is 5.65 Å². The summed E-state index contributed by atoms with van der Waals surface area (Å²) < 4.78 is 13.3. The lowest BCUT2D eigenvalue weighted by molar-refractivity contribution is 0.267. The van der Waals surface area contributed by atoms with Gasteiger partial charge in [0.2, 0.25) is 0 Å².